The summed E-state index contributed by atoms with van der Waals surface area (Å²) < 4.78 is 42.4. The van der Waals surface area contributed by atoms with E-state index in [1.54, 1.807) is 35.2 Å². The maximum absolute atomic E-state index is 14.1. The predicted molar refractivity (Wildman–Crippen MR) is 103 cm³/mol. The second-order valence-corrected chi connectivity index (χ2v) is 8.11. The summed E-state index contributed by atoms with van der Waals surface area (Å²) in [5, 5.41) is 0. The van der Waals surface area contributed by atoms with Gasteiger partial charge in [0.25, 0.3) is 5.91 Å². The highest BCUT2D eigenvalue weighted by Gasteiger charge is 2.23. The van der Waals surface area contributed by atoms with Crippen LogP contribution >= 0.6 is 0 Å². The molecule has 1 atom stereocenters. The first-order valence-electron chi connectivity index (χ1n) is 8.84. The number of amides is 1. The molecule has 0 aliphatic carbocycles. The van der Waals surface area contributed by atoms with Gasteiger partial charge in [-0.25, -0.2) is 4.39 Å². The Balaban J connectivity index is 2.29. The number of carbonyl (C=O) groups excluding carboxylic acids is 1. The fraction of sp³-hybridized carbons (Fsp3) is 0.350. The molecule has 0 N–H and O–H groups in total. The molecule has 0 radical (unpaired) electrons. The summed E-state index contributed by atoms with van der Waals surface area (Å²) in [5.74, 6) is -0.921. The fourth-order valence-electron chi connectivity index (χ4n) is 2.54. The number of benzene rings is 2. The van der Waals surface area contributed by atoms with E-state index in [1.165, 1.54) is 25.1 Å². The van der Waals surface area contributed by atoms with Crippen LogP contribution in [0.25, 0.3) is 0 Å². The third-order valence-electron chi connectivity index (χ3n) is 4.32. The van der Waals surface area contributed by atoms with Crippen molar-refractivity contribution in [2.24, 2.45) is 0 Å². The molecule has 0 spiro atoms. The van der Waals surface area contributed by atoms with Gasteiger partial charge in [-0.05, 0) is 50.1 Å². The van der Waals surface area contributed by atoms with Crippen LogP contribution in [0.2, 0.25) is 0 Å². The zero-order valence-corrected chi connectivity index (χ0v) is 16.5. The summed E-state index contributed by atoms with van der Waals surface area (Å²) in [7, 11) is -3.63. The third kappa shape index (κ3) is 5.53. The molecule has 0 aliphatic heterocycles. The number of nitrogens with zero attached hydrogens (tertiary/aromatic N) is 1. The molecule has 146 valence electrons. The van der Waals surface area contributed by atoms with Crippen molar-refractivity contribution in [2.45, 2.75) is 39.8 Å². The number of rotatable bonds is 8. The molecule has 0 aromatic heterocycles. The van der Waals surface area contributed by atoms with Gasteiger partial charge in [-0.15, -0.1) is 0 Å². The van der Waals surface area contributed by atoms with Crippen molar-refractivity contribution in [3.63, 3.8) is 0 Å². The number of carbonyl (C=O) groups is 1. The molecule has 0 heterocycles. The molecule has 27 heavy (non-hydrogen) atoms. The molecule has 1 amide bonds. The predicted octanol–water partition coefficient (Wildman–Crippen LogP) is 4.00. The summed E-state index contributed by atoms with van der Waals surface area (Å²) in [6.45, 7) is 5.54. The van der Waals surface area contributed by atoms with E-state index in [1.807, 2.05) is 13.8 Å². The molecule has 5 nitrogen and oxygen atoms in total. The second-order valence-electron chi connectivity index (χ2n) is 6.25. The number of halogens is 1. The molecular weight excluding hydrogens is 369 g/mol. The van der Waals surface area contributed by atoms with Gasteiger partial charge in [0.15, 0.2) is 0 Å². The van der Waals surface area contributed by atoms with Crippen molar-refractivity contribution in [3.8, 4) is 5.75 Å². The van der Waals surface area contributed by atoms with Crippen molar-refractivity contribution >= 4 is 16.0 Å². The molecule has 0 aliphatic rings. The Kier molecular flexibility index (Phi) is 6.96. The Morgan fingerprint density at radius 2 is 1.85 bits per heavy atom. The van der Waals surface area contributed by atoms with E-state index >= 15 is 0 Å². The van der Waals surface area contributed by atoms with Crippen molar-refractivity contribution in [1.82, 2.24) is 4.90 Å². The van der Waals surface area contributed by atoms with Gasteiger partial charge in [-0.1, -0.05) is 31.2 Å². The minimum atomic E-state index is -3.63. The van der Waals surface area contributed by atoms with E-state index in [9.17, 15) is 17.6 Å². The Morgan fingerprint density at radius 3 is 2.48 bits per heavy atom. The highest BCUT2D eigenvalue weighted by atomic mass is 32.2. The average Bonchev–Trinajstić information content (AvgIpc) is 2.65. The lowest BCUT2D eigenvalue weighted by Gasteiger charge is -2.29. The van der Waals surface area contributed by atoms with E-state index < -0.39 is 21.8 Å². The third-order valence-corrected chi connectivity index (χ3v) is 5.47. The van der Waals surface area contributed by atoms with Gasteiger partial charge in [0, 0.05) is 12.6 Å². The minimum Gasteiger partial charge on any atom is -0.382 e. The number of hydrogen-bond donors (Lipinski definition) is 0. The van der Waals surface area contributed by atoms with Gasteiger partial charge in [0.2, 0.25) is 0 Å². The van der Waals surface area contributed by atoms with Crippen LogP contribution in [0.3, 0.4) is 0 Å². The molecule has 0 saturated carbocycles. The van der Waals surface area contributed by atoms with Crippen molar-refractivity contribution in [3.05, 3.63) is 65.5 Å². The molecular formula is C20H24FNO4S. The van der Waals surface area contributed by atoms with Gasteiger partial charge in [-0.3, -0.25) is 4.79 Å². The fourth-order valence-corrected chi connectivity index (χ4v) is 3.05. The average molecular weight is 393 g/mol. The van der Waals surface area contributed by atoms with Gasteiger partial charge in [0.1, 0.15) is 11.6 Å². The SMILES string of the molecule is CC[C@H](C)N(Cc1cccc(OS(=O)(=O)CC)c1)C(=O)c1ccccc1F. The Morgan fingerprint density at radius 1 is 1.15 bits per heavy atom. The van der Waals surface area contributed by atoms with Crippen LogP contribution in [0, 0.1) is 5.82 Å². The summed E-state index contributed by atoms with van der Waals surface area (Å²) in [6, 6.07) is 12.3. The van der Waals surface area contributed by atoms with Gasteiger partial charge in [0.05, 0.1) is 11.3 Å². The quantitative estimate of drug-likeness (QED) is 0.636. The highest BCUT2D eigenvalue weighted by Crippen LogP contribution is 2.21. The molecule has 0 fully saturated rings. The summed E-state index contributed by atoms with van der Waals surface area (Å²) in [4.78, 5) is 14.5. The molecule has 7 heteroatoms. The zero-order valence-electron chi connectivity index (χ0n) is 15.7. The molecule has 2 rings (SSSR count). The van der Waals surface area contributed by atoms with E-state index in [4.69, 9.17) is 4.18 Å². The maximum atomic E-state index is 14.1. The van der Waals surface area contributed by atoms with Crippen molar-refractivity contribution in [2.75, 3.05) is 5.75 Å². The molecule has 0 saturated heterocycles. The lowest BCUT2D eigenvalue weighted by atomic mass is 10.1. The van der Waals surface area contributed by atoms with E-state index in [2.05, 4.69) is 0 Å². The largest absolute Gasteiger partial charge is 0.382 e. The molecule has 2 aromatic rings. The lowest BCUT2D eigenvalue weighted by molar-refractivity contribution is 0.0666. The number of hydrogen-bond acceptors (Lipinski definition) is 4. The molecule has 0 bridgehead atoms. The summed E-state index contributed by atoms with van der Waals surface area (Å²) in [5.41, 5.74) is 0.711. The standard InChI is InChI=1S/C20H24FNO4S/c1-4-15(3)22(20(23)18-11-6-7-12-19(18)21)14-16-9-8-10-17(13-16)26-27(24,25)5-2/h6-13,15H,4-5,14H2,1-3H3/t15-/m0/s1. The first-order valence-corrected chi connectivity index (χ1v) is 10.4. The zero-order chi connectivity index (χ0) is 20.0. The Hall–Kier alpha value is -2.41. The van der Waals surface area contributed by atoms with E-state index in [0.717, 1.165) is 0 Å². The molecule has 2 aromatic carbocycles. The summed E-state index contributed by atoms with van der Waals surface area (Å²) >= 11 is 0. The van der Waals surface area contributed by atoms with E-state index in [0.29, 0.717) is 12.0 Å². The van der Waals surface area contributed by atoms with Crippen LogP contribution in [-0.4, -0.2) is 31.0 Å². The molecule has 0 unspecified atom stereocenters. The van der Waals surface area contributed by atoms with Gasteiger partial charge >= 0.3 is 10.1 Å². The van der Waals surface area contributed by atoms with Crippen LogP contribution in [0.1, 0.15) is 43.1 Å². The Labute approximate surface area is 159 Å². The topological polar surface area (TPSA) is 63.7 Å². The lowest BCUT2D eigenvalue weighted by Crippen LogP contribution is -2.38. The second kappa shape index (κ2) is 8.99. The smallest absolute Gasteiger partial charge is 0.308 e. The minimum absolute atomic E-state index is 0.0127. The monoisotopic (exact) mass is 393 g/mol. The normalized spacial score (nSPS) is 12.4. The van der Waals surface area contributed by atoms with E-state index in [-0.39, 0.29) is 29.7 Å². The maximum Gasteiger partial charge on any atom is 0.308 e. The van der Waals surface area contributed by atoms with Crippen LogP contribution < -0.4 is 4.18 Å². The highest BCUT2D eigenvalue weighted by molar-refractivity contribution is 7.87. The first kappa shape index (κ1) is 20.9. The van der Waals surface area contributed by atoms with Crippen LogP contribution in [0.5, 0.6) is 5.75 Å². The van der Waals surface area contributed by atoms with Crippen molar-refractivity contribution < 1.29 is 21.8 Å². The van der Waals surface area contributed by atoms with Gasteiger partial charge in [-0.2, -0.15) is 8.42 Å². The van der Waals surface area contributed by atoms with Gasteiger partial charge < -0.3 is 9.08 Å². The Bertz CT molecular complexity index is 898. The van der Waals surface area contributed by atoms with Crippen LogP contribution in [0.4, 0.5) is 4.39 Å². The van der Waals surface area contributed by atoms with Crippen LogP contribution in [-0.2, 0) is 16.7 Å². The van der Waals surface area contributed by atoms with Crippen LogP contribution in [0.15, 0.2) is 48.5 Å². The summed E-state index contributed by atoms with van der Waals surface area (Å²) in [6.07, 6.45) is 0.695. The first-order chi connectivity index (χ1) is 12.8. The van der Waals surface area contributed by atoms with Crippen molar-refractivity contribution in [1.29, 1.82) is 0 Å².